The minimum absolute atomic E-state index is 0.0125. The first kappa shape index (κ1) is 31.8. The van der Waals surface area contributed by atoms with Crippen LogP contribution in [0.2, 0.25) is 0 Å². The van der Waals surface area contributed by atoms with E-state index in [1.807, 2.05) is 30.3 Å². The van der Waals surface area contributed by atoms with Crippen molar-refractivity contribution in [3.8, 4) is 0 Å². The molecule has 3 aromatic carbocycles. The largest absolute Gasteiger partial charge is 0.379 e. The molecule has 1 heterocycles. The first-order valence-corrected chi connectivity index (χ1v) is 16.5. The van der Waals surface area contributed by atoms with E-state index in [0.717, 1.165) is 31.5 Å². The molecule has 0 spiro atoms. The highest BCUT2D eigenvalue weighted by Gasteiger charge is 2.32. The van der Waals surface area contributed by atoms with Crippen LogP contribution in [0.3, 0.4) is 0 Å². The highest BCUT2D eigenvalue weighted by molar-refractivity contribution is 7.89. The van der Waals surface area contributed by atoms with Gasteiger partial charge in [0.1, 0.15) is 11.9 Å². The summed E-state index contributed by atoms with van der Waals surface area (Å²) in [7, 11) is -3.57. The average Bonchev–Trinajstić information content (AvgIpc) is 3.85. The van der Waals surface area contributed by atoms with Gasteiger partial charge in [-0.15, -0.1) is 0 Å². The fraction of sp³-hybridized carbons (Fsp3) is 0.394. The summed E-state index contributed by atoms with van der Waals surface area (Å²) in [5, 5.41) is 3.03. The molecule has 2 amide bonds. The van der Waals surface area contributed by atoms with Crippen molar-refractivity contribution in [2.45, 2.75) is 49.2 Å². The lowest BCUT2D eigenvalue weighted by Crippen LogP contribution is -2.46. The molecule has 234 valence electrons. The third-order valence-corrected chi connectivity index (χ3v) is 9.39. The van der Waals surface area contributed by atoms with Crippen LogP contribution in [0, 0.1) is 5.82 Å². The molecule has 1 aliphatic heterocycles. The lowest BCUT2D eigenvalue weighted by molar-refractivity contribution is -0.141. The molecule has 1 aliphatic carbocycles. The molecule has 0 unspecified atom stereocenters. The number of nitrogens with one attached hydrogen (secondary N) is 2. The van der Waals surface area contributed by atoms with E-state index >= 15 is 0 Å². The van der Waals surface area contributed by atoms with Gasteiger partial charge in [0.2, 0.25) is 21.8 Å². The Morgan fingerprint density at radius 2 is 1.59 bits per heavy atom. The van der Waals surface area contributed by atoms with Crippen molar-refractivity contribution in [3.05, 3.63) is 101 Å². The predicted molar refractivity (Wildman–Crippen MR) is 165 cm³/mol. The molecule has 2 fully saturated rings. The van der Waals surface area contributed by atoms with Crippen molar-refractivity contribution in [1.29, 1.82) is 0 Å². The lowest BCUT2D eigenvalue weighted by Gasteiger charge is -2.32. The Kier molecular flexibility index (Phi) is 10.8. The number of benzene rings is 3. The van der Waals surface area contributed by atoms with Gasteiger partial charge in [-0.25, -0.2) is 17.5 Å². The Labute approximate surface area is 258 Å². The van der Waals surface area contributed by atoms with Crippen LogP contribution in [0.4, 0.5) is 4.39 Å². The van der Waals surface area contributed by atoms with E-state index in [1.165, 1.54) is 12.1 Å². The number of hydrogen-bond donors (Lipinski definition) is 2. The molecule has 0 aromatic heterocycles. The maximum atomic E-state index is 13.9. The number of ether oxygens (including phenoxy) is 1. The lowest BCUT2D eigenvalue weighted by atomic mass is 10.0. The van der Waals surface area contributed by atoms with Crippen molar-refractivity contribution in [1.82, 2.24) is 19.8 Å². The second-order valence-electron chi connectivity index (χ2n) is 11.2. The SMILES string of the molecule is O=C(NCCN1CCOCC1)[C@H](c1ccccc1)N(Cc1ccc(F)cc1)C(=O)CCc1ccc(S(=O)(=O)NC2CC2)cc1. The number of hydrogen-bond acceptors (Lipinski definition) is 6. The summed E-state index contributed by atoms with van der Waals surface area (Å²) in [6, 6.07) is 20.7. The Hall–Kier alpha value is -3.64. The number of aryl methyl sites for hydroxylation is 1. The van der Waals surface area contributed by atoms with Gasteiger partial charge in [-0.05, 0) is 60.2 Å². The maximum Gasteiger partial charge on any atom is 0.247 e. The van der Waals surface area contributed by atoms with Crippen molar-refractivity contribution in [2.24, 2.45) is 0 Å². The van der Waals surface area contributed by atoms with Gasteiger partial charge >= 0.3 is 0 Å². The topological polar surface area (TPSA) is 108 Å². The molecule has 1 saturated carbocycles. The van der Waals surface area contributed by atoms with E-state index in [9.17, 15) is 22.4 Å². The van der Waals surface area contributed by atoms with Gasteiger partial charge in [-0.3, -0.25) is 14.5 Å². The van der Waals surface area contributed by atoms with Gasteiger partial charge in [0.05, 0.1) is 18.1 Å². The Bertz CT molecular complexity index is 1490. The molecule has 1 atom stereocenters. The quantitative estimate of drug-likeness (QED) is 0.285. The molecule has 3 aromatic rings. The summed E-state index contributed by atoms with van der Waals surface area (Å²) in [6.45, 7) is 4.14. The van der Waals surface area contributed by atoms with E-state index in [1.54, 1.807) is 41.3 Å². The molecule has 44 heavy (non-hydrogen) atoms. The van der Waals surface area contributed by atoms with Crippen LogP contribution in [0.5, 0.6) is 0 Å². The van der Waals surface area contributed by atoms with Crippen LogP contribution in [-0.4, -0.2) is 75.5 Å². The van der Waals surface area contributed by atoms with Crippen molar-refractivity contribution < 1.29 is 27.1 Å². The zero-order chi connectivity index (χ0) is 30.9. The molecular formula is C33H39FN4O5S. The summed E-state index contributed by atoms with van der Waals surface area (Å²) >= 11 is 0. The van der Waals surface area contributed by atoms with E-state index in [0.29, 0.717) is 43.9 Å². The van der Waals surface area contributed by atoms with Gasteiger partial charge < -0.3 is 15.0 Å². The number of rotatable bonds is 14. The molecule has 5 rings (SSSR count). The van der Waals surface area contributed by atoms with Crippen LogP contribution in [0.15, 0.2) is 83.8 Å². The highest BCUT2D eigenvalue weighted by Crippen LogP contribution is 2.26. The molecule has 2 N–H and O–H groups in total. The van der Waals surface area contributed by atoms with Crippen molar-refractivity contribution >= 4 is 21.8 Å². The monoisotopic (exact) mass is 622 g/mol. The molecular weight excluding hydrogens is 583 g/mol. The Balaban J connectivity index is 1.32. The van der Waals surface area contributed by atoms with Gasteiger partial charge in [0.25, 0.3) is 0 Å². The fourth-order valence-electron chi connectivity index (χ4n) is 5.20. The molecule has 0 bridgehead atoms. The summed E-state index contributed by atoms with van der Waals surface area (Å²) in [6.07, 6.45) is 2.15. The zero-order valence-corrected chi connectivity index (χ0v) is 25.5. The van der Waals surface area contributed by atoms with E-state index in [-0.39, 0.29) is 41.5 Å². The summed E-state index contributed by atoms with van der Waals surface area (Å²) in [5.41, 5.74) is 2.17. The zero-order valence-electron chi connectivity index (χ0n) is 24.7. The Morgan fingerprint density at radius 3 is 2.25 bits per heavy atom. The first-order chi connectivity index (χ1) is 21.3. The summed E-state index contributed by atoms with van der Waals surface area (Å²) in [5.74, 6) is -0.930. The number of halogens is 1. The van der Waals surface area contributed by atoms with E-state index in [2.05, 4.69) is 14.9 Å². The smallest absolute Gasteiger partial charge is 0.247 e. The van der Waals surface area contributed by atoms with Crippen LogP contribution in [0.25, 0.3) is 0 Å². The molecule has 11 heteroatoms. The van der Waals surface area contributed by atoms with Crippen molar-refractivity contribution in [2.75, 3.05) is 39.4 Å². The Morgan fingerprint density at radius 1 is 0.932 bits per heavy atom. The molecule has 1 saturated heterocycles. The van der Waals surface area contributed by atoms with Crippen LogP contribution in [0.1, 0.15) is 42.0 Å². The van der Waals surface area contributed by atoms with E-state index in [4.69, 9.17) is 4.74 Å². The van der Waals surface area contributed by atoms with E-state index < -0.39 is 16.1 Å². The van der Waals surface area contributed by atoms with Gasteiger partial charge in [-0.2, -0.15) is 0 Å². The van der Waals surface area contributed by atoms with Gasteiger partial charge in [0, 0.05) is 45.2 Å². The normalized spacial score (nSPS) is 16.3. The highest BCUT2D eigenvalue weighted by atomic mass is 32.2. The third-order valence-electron chi connectivity index (χ3n) is 7.85. The van der Waals surface area contributed by atoms with Gasteiger partial charge in [-0.1, -0.05) is 54.6 Å². The second-order valence-corrected chi connectivity index (χ2v) is 13.0. The third kappa shape index (κ3) is 8.95. The maximum absolute atomic E-state index is 13.9. The number of amides is 2. The number of nitrogens with zero attached hydrogens (tertiary/aromatic N) is 2. The molecule has 9 nitrogen and oxygen atoms in total. The van der Waals surface area contributed by atoms with Crippen LogP contribution < -0.4 is 10.0 Å². The van der Waals surface area contributed by atoms with Gasteiger partial charge in [0.15, 0.2) is 0 Å². The predicted octanol–water partition coefficient (Wildman–Crippen LogP) is 3.42. The number of carbonyl (C=O) groups excluding carboxylic acids is 2. The first-order valence-electron chi connectivity index (χ1n) is 15.1. The molecule has 0 radical (unpaired) electrons. The van der Waals surface area contributed by atoms with Crippen LogP contribution in [-0.2, 0) is 37.3 Å². The number of carbonyl (C=O) groups is 2. The standard InChI is InChI=1S/C33H39FN4O5S/c34-28-11-6-26(7-12-28)24-38(31(39)17-10-25-8-15-30(16-9-25)44(41,42)36-29-13-14-29)32(27-4-2-1-3-5-27)33(40)35-18-19-37-20-22-43-23-21-37/h1-9,11-12,15-16,29,32,36H,10,13-14,17-24H2,(H,35,40)/t32-/m0/s1. The molecule has 2 aliphatic rings. The summed E-state index contributed by atoms with van der Waals surface area (Å²) in [4.78, 5) is 31.7. The average molecular weight is 623 g/mol. The number of morpholine rings is 1. The second kappa shape index (κ2) is 14.9. The number of sulfonamides is 1. The minimum atomic E-state index is -3.57. The van der Waals surface area contributed by atoms with Crippen molar-refractivity contribution in [3.63, 3.8) is 0 Å². The van der Waals surface area contributed by atoms with Crippen LogP contribution >= 0.6 is 0 Å². The minimum Gasteiger partial charge on any atom is -0.379 e. The summed E-state index contributed by atoms with van der Waals surface area (Å²) < 4.78 is 46.9. The fourth-order valence-corrected chi connectivity index (χ4v) is 6.50.